The van der Waals surface area contributed by atoms with Gasteiger partial charge in [-0.3, -0.25) is 4.79 Å². The van der Waals surface area contributed by atoms with Crippen molar-refractivity contribution in [2.75, 3.05) is 5.32 Å². The van der Waals surface area contributed by atoms with E-state index >= 15 is 0 Å². The van der Waals surface area contributed by atoms with Crippen molar-refractivity contribution in [3.8, 4) is 11.5 Å². The molecule has 1 N–H and O–H groups in total. The van der Waals surface area contributed by atoms with Gasteiger partial charge < -0.3 is 10.1 Å². The summed E-state index contributed by atoms with van der Waals surface area (Å²) in [5, 5.41) is 3.03. The summed E-state index contributed by atoms with van der Waals surface area (Å²) >= 11 is 0. The van der Waals surface area contributed by atoms with Crippen LogP contribution in [-0.4, -0.2) is 5.91 Å². The molecular weight excluding hydrogens is 310 g/mol. The van der Waals surface area contributed by atoms with E-state index in [0.29, 0.717) is 17.1 Å². The van der Waals surface area contributed by atoms with Crippen LogP contribution in [0.15, 0.2) is 66.7 Å². The minimum atomic E-state index is -0.179. The molecule has 3 heteroatoms. The standard InChI is InChI=1S/C22H21NO2/c1-15-13-16(2)21(17(3)14-15)23-22(24)19-11-7-8-12-20(19)25-18-9-5-4-6-10-18/h4-14H,1-3H3,(H,23,24). The number of aryl methyl sites for hydroxylation is 3. The highest BCUT2D eigenvalue weighted by Crippen LogP contribution is 2.27. The Morgan fingerprint density at radius 3 is 2.12 bits per heavy atom. The van der Waals surface area contributed by atoms with Crippen LogP contribution in [0.25, 0.3) is 0 Å². The predicted molar refractivity (Wildman–Crippen MR) is 102 cm³/mol. The number of hydrogen-bond donors (Lipinski definition) is 1. The molecule has 0 bridgehead atoms. The molecule has 25 heavy (non-hydrogen) atoms. The summed E-state index contributed by atoms with van der Waals surface area (Å²) in [6.45, 7) is 6.05. The largest absolute Gasteiger partial charge is 0.457 e. The molecule has 0 saturated carbocycles. The van der Waals surface area contributed by atoms with Crippen molar-refractivity contribution in [3.63, 3.8) is 0 Å². The number of carbonyl (C=O) groups excluding carboxylic acids is 1. The third kappa shape index (κ3) is 3.89. The summed E-state index contributed by atoms with van der Waals surface area (Å²) in [4.78, 5) is 12.8. The molecule has 0 fully saturated rings. The highest BCUT2D eigenvalue weighted by molar-refractivity contribution is 6.07. The fourth-order valence-electron chi connectivity index (χ4n) is 2.92. The number of anilines is 1. The van der Waals surface area contributed by atoms with E-state index in [1.165, 1.54) is 5.56 Å². The summed E-state index contributed by atoms with van der Waals surface area (Å²) in [5.74, 6) is 1.06. The van der Waals surface area contributed by atoms with E-state index in [1.54, 1.807) is 12.1 Å². The highest BCUT2D eigenvalue weighted by Gasteiger charge is 2.15. The van der Waals surface area contributed by atoms with Gasteiger partial charge in [0.05, 0.1) is 5.56 Å². The monoisotopic (exact) mass is 331 g/mol. The number of hydrogen-bond acceptors (Lipinski definition) is 2. The van der Waals surface area contributed by atoms with Gasteiger partial charge in [-0.25, -0.2) is 0 Å². The SMILES string of the molecule is Cc1cc(C)c(NC(=O)c2ccccc2Oc2ccccc2)c(C)c1. The average Bonchev–Trinajstić information content (AvgIpc) is 2.59. The van der Waals surface area contributed by atoms with E-state index in [2.05, 4.69) is 24.4 Å². The molecule has 3 aromatic rings. The Balaban J connectivity index is 1.88. The summed E-state index contributed by atoms with van der Waals surface area (Å²) in [6, 6.07) is 20.8. The van der Waals surface area contributed by atoms with E-state index < -0.39 is 0 Å². The lowest BCUT2D eigenvalue weighted by Gasteiger charge is -2.15. The van der Waals surface area contributed by atoms with Crippen LogP contribution >= 0.6 is 0 Å². The molecule has 0 aromatic heterocycles. The van der Waals surface area contributed by atoms with E-state index in [4.69, 9.17) is 4.74 Å². The molecule has 0 aliphatic rings. The molecule has 3 rings (SSSR count). The van der Waals surface area contributed by atoms with Crippen LogP contribution in [0.4, 0.5) is 5.69 Å². The quantitative estimate of drug-likeness (QED) is 0.670. The Morgan fingerprint density at radius 1 is 0.840 bits per heavy atom. The Labute approximate surface area is 148 Å². The zero-order chi connectivity index (χ0) is 17.8. The number of carbonyl (C=O) groups is 1. The van der Waals surface area contributed by atoms with Gasteiger partial charge in [0, 0.05) is 5.69 Å². The maximum atomic E-state index is 12.8. The Morgan fingerprint density at radius 2 is 1.44 bits per heavy atom. The van der Waals surface area contributed by atoms with Gasteiger partial charge in [-0.2, -0.15) is 0 Å². The molecule has 0 aliphatic heterocycles. The lowest BCUT2D eigenvalue weighted by molar-refractivity contribution is 0.102. The number of nitrogens with one attached hydrogen (secondary N) is 1. The first-order valence-corrected chi connectivity index (χ1v) is 8.26. The third-order valence-corrected chi connectivity index (χ3v) is 4.02. The second kappa shape index (κ2) is 7.22. The number of ether oxygens (including phenoxy) is 1. The molecular formula is C22H21NO2. The normalized spacial score (nSPS) is 10.4. The minimum absolute atomic E-state index is 0.179. The lowest BCUT2D eigenvalue weighted by atomic mass is 10.0. The van der Waals surface area contributed by atoms with Crippen LogP contribution in [0.2, 0.25) is 0 Å². The highest BCUT2D eigenvalue weighted by atomic mass is 16.5. The number of amides is 1. The molecule has 0 radical (unpaired) electrons. The minimum Gasteiger partial charge on any atom is -0.457 e. The zero-order valence-corrected chi connectivity index (χ0v) is 14.7. The first kappa shape index (κ1) is 16.8. The molecule has 0 spiro atoms. The molecule has 0 heterocycles. The Hall–Kier alpha value is -3.07. The van der Waals surface area contributed by atoms with Crippen molar-refractivity contribution in [3.05, 3.63) is 89.0 Å². The predicted octanol–water partition coefficient (Wildman–Crippen LogP) is 5.66. The van der Waals surface area contributed by atoms with Gasteiger partial charge in [0.2, 0.25) is 0 Å². The number of para-hydroxylation sites is 2. The van der Waals surface area contributed by atoms with Crippen molar-refractivity contribution < 1.29 is 9.53 Å². The summed E-state index contributed by atoms with van der Waals surface area (Å²) in [5.41, 5.74) is 4.64. The first-order valence-electron chi connectivity index (χ1n) is 8.26. The van der Waals surface area contributed by atoms with Gasteiger partial charge in [-0.15, -0.1) is 0 Å². The molecule has 3 nitrogen and oxygen atoms in total. The fraction of sp³-hybridized carbons (Fsp3) is 0.136. The summed E-state index contributed by atoms with van der Waals surface area (Å²) in [7, 11) is 0. The summed E-state index contributed by atoms with van der Waals surface area (Å²) < 4.78 is 5.89. The van der Waals surface area contributed by atoms with Crippen molar-refractivity contribution in [2.45, 2.75) is 20.8 Å². The van der Waals surface area contributed by atoms with Crippen LogP contribution in [0, 0.1) is 20.8 Å². The van der Waals surface area contributed by atoms with Gasteiger partial charge in [0.1, 0.15) is 11.5 Å². The second-order valence-electron chi connectivity index (χ2n) is 6.14. The van der Waals surface area contributed by atoms with Crippen molar-refractivity contribution in [1.82, 2.24) is 0 Å². The van der Waals surface area contributed by atoms with Crippen LogP contribution in [0.3, 0.4) is 0 Å². The van der Waals surface area contributed by atoms with Crippen molar-refractivity contribution in [2.24, 2.45) is 0 Å². The smallest absolute Gasteiger partial charge is 0.259 e. The second-order valence-corrected chi connectivity index (χ2v) is 6.14. The van der Waals surface area contributed by atoms with Gasteiger partial charge in [0.25, 0.3) is 5.91 Å². The Bertz CT molecular complexity index is 878. The average molecular weight is 331 g/mol. The fourth-order valence-corrected chi connectivity index (χ4v) is 2.92. The maximum absolute atomic E-state index is 12.8. The van der Waals surface area contributed by atoms with E-state index in [1.807, 2.05) is 56.3 Å². The van der Waals surface area contributed by atoms with Crippen LogP contribution in [-0.2, 0) is 0 Å². The molecule has 3 aromatic carbocycles. The van der Waals surface area contributed by atoms with Gasteiger partial charge in [-0.1, -0.05) is 48.0 Å². The number of rotatable bonds is 4. The van der Waals surface area contributed by atoms with Crippen LogP contribution in [0.5, 0.6) is 11.5 Å². The molecule has 0 aliphatic carbocycles. The molecule has 0 atom stereocenters. The van der Waals surface area contributed by atoms with E-state index in [0.717, 1.165) is 16.8 Å². The van der Waals surface area contributed by atoms with Gasteiger partial charge in [0.15, 0.2) is 0 Å². The van der Waals surface area contributed by atoms with Crippen molar-refractivity contribution >= 4 is 11.6 Å². The number of benzene rings is 3. The zero-order valence-electron chi connectivity index (χ0n) is 14.7. The van der Waals surface area contributed by atoms with Crippen LogP contribution < -0.4 is 10.1 Å². The van der Waals surface area contributed by atoms with Gasteiger partial charge in [-0.05, 0) is 56.2 Å². The third-order valence-electron chi connectivity index (χ3n) is 4.02. The van der Waals surface area contributed by atoms with Crippen molar-refractivity contribution in [1.29, 1.82) is 0 Å². The van der Waals surface area contributed by atoms with Gasteiger partial charge >= 0.3 is 0 Å². The maximum Gasteiger partial charge on any atom is 0.259 e. The first-order chi connectivity index (χ1) is 12.0. The summed E-state index contributed by atoms with van der Waals surface area (Å²) in [6.07, 6.45) is 0. The molecule has 126 valence electrons. The van der Waals surface area contributed by atoms with E-state index in [-0.39, 0.29) is 5.91 Å². The molecule has 0 saturated heterocycles. The lowest BCUT2D eigenvalue weighted by Crippen LogP contribution is -2.15. The van der Waals surface area contributed by atoms with E-state index in [9.17, 15) is 4.79 Å². The molecule has 0 unspecified atom stereocenters. The Kier molecular flexibility index (Phi) is 4.85. The van der Waals surface area contributed by atoms with Crippen LogP contribution in [0.1, 0.15) is 27.0 Å². The molecule has 1 amide bonds. The topological polar surface area (TPSA) is 38.3 Å².